The Morgan fingerprint density at radius 3 is 1.58 bits per heavy atom. The molecule has 10 rings (SSSR count). The van der Waals surface area contributed by atoms with Crippen LogP contribution in [0.3, 0.4) is 0 Å². The zero-order valence-electron chi connectivity index (χ0n) is 27.3. The summed E-state index contributed by atoms with van der Waals surface area (Å²) in [6, 6.07) is 55.0. The van der Waals surface area contributed by atoms with Crippen LogP contribution in [0.1, 0.15) is 5.56 Å². The molecule has 0 radical (unpaired) electrons. The molecule has 0 aliphatic heterocycles. The molecule has 0 amide bonds. The summed E-state index contributed by atoms with van der Waals surface area (Å²) in [6.07, 6.45) is 0. The topological polar surface area (TPSA) is 51.8 Å². The third-order valence-electron chi connectivity index (χ3n) is 9.84. The first-order chi connectivity index (χ1) is 24.7. The van der Waals surface area contributed by atoms with E-state index in [2.05, 4.69) is 153 Å². The molecule has 2 heterocycles. The van der Waals surface area contributed by atoms with Gasteiger partial charge in [0.1, 0.15) is 11.2 Å². The molecule has 234 valence electrons. The van der Waals surface area contributed by atoms with Crippen LogP contribution in [0.4, 0.5) is 0 Å². The van der Waals surface area contributed by atoms with Crippen molar-refractivity contribution in [2.24, 2.45) is 0 Å². The van der Waals surface area contributed by atoms with Gasteiger partial charge in [-0.3, -0.25) is 0 Å². The molecule has 0 N–H and O–H groups in total. The first-order valence-electron chi connectivity index (χ1n) is 16.9. The standard InChI is InChI=1S/C46H29N3O/c1-28-18-25-41-43(39-16-8-9-17-40(39)50-41)42(28)37-23-24-38(36-15-7-6-14-35(36)37)46-48-44(33-21-19-29-10-2-4-12-31(29)26-33)47-45(49-46)34-22-20-30-11-3-5-13-32(30)27-34/h2-27H,1H3. The molecule has 0 saturated carbocycles. The van der Waals surface area contributed by atoms with Gasteiger partial charge in [0, 0.05) is 27.5 Å². The van der Waals surface area contributed by atoms with Crippen molar-refractivity contribution in [3.8, 4) is 45.3 Å². The van der Waals surface area contributed by atoms with Gasteiger partial charge in [-0.15, -0.1) is 0 Å². The lowest BCUT2D eigenvalue weighted by Gasteiger charge is -2.15. The maximum atomic E-state index is 6.31. The smallest absolute Gasteiger partial charge is 0.164 e. The highest BCUT2D eigenvalue weighted by molar-refractivity contribution is 6.17. The molecule has 0 bridgehead atoms. The monoisotopic (exact) mass is 639 g/mol. The molecular weight excluding hydrogens is 611 g/mol. The van der Waals surface area contributed by atoms with Gasteiger partial charge < -0.3 is 4.42 Å². The zero-order valence-corrected chi connectivity index (χ0v) is 27.3. The number of aromatic nitrogens is 3. The first kappa shape index (κ1) is 28.4. The van der Waals surface area contributed by atoms with Crippen molar-refractivity contribution in [1.82, 2.24) is 15.0 Å². The van der Waals surface area contributed by atoms with Crippen molar-refractivity contribution < 1.29 is 4.42 Å². The average molecular weight is 640 g/mol. The molecule has 8 aromatic carbocycles. The van der Waals surface area contributed by atoms with Gasteiger partial charge in [0.2, 0.25) is 0 Å². The van der Waals surface area contributed by atoms with Gasteiger partial charge in [-0.25, -0.2) is 15.0 Å². The molecule has 2 aromatic heterocycles. The third kappa shape index (κ3) is 4.57. The first-order valence-corrected chi connectivity index (χ1v) is 16.9. The van der Waals surface area contributed by atoms with E-state index in [1.165, 1.54) is 21.9 Å². The van der Waals surface area contributed by atoms with E-state index >= 15 is 0 Å². The number of para-hydroxylation sites is 1. The molecule has 0 saturated heterocycles. The molecule has 0 spiro atoms. The Morgan fingerprint density at radius 1 is 0.400 bits per heavy atom. The maximum Gasteiger partial charge on any atom is 0.164 e. The molecule has 4 heteroatoms. The Balaban J connectivity index is 1.22. The molecule has 0 unspecified atom stereocenters. The molecule has 50 heavy (non-hydrogen) atoms. The fourth-order valence-electron chi connectivity index (χ4n) is 7.39. The van der Waals surface area contributed by atoms with Gasteiger partial charge in [0.15, 0.2) is 17.5 Å². The lowest BCUT2D eigenvalue weighted by Crippen LogP contribution is -2.01. The normalized spacial score (nSPS) is 11.7. The summed E-state index contributed by atoms with van der Waals surface area (Å²) in [6.45, 7) is 2.18. The average Bonchev–Trinajstić information content (AvgIpc) is 3.56. The third-order valence-corrected chi connectivity index (χ3v) is 9.84. The maximum absolute atomic E-state index is 6.31. The molecule has 10 aromatic rings. The van der Waals surface area contributed by atoms with Crippen molar-refractivity contribution in [3.63, 3.8) is 0 Å². The highest BCUT2D eigenvalue weighted by Crippen LogP contribution is 2.43. The second-order valence-electron chi connectivity index (χ2n) is 12.9. The van der Waals surface area contributed by atoms with E-state index in [0.717, 1.165) is 65.7 Å². The number of hydrogen-bond donors (Lipinski definition) is 0. The van der Waals surface area contributed by atoms with Crippen LogP contribution in [0, 0.1) is 6.92 Å². The summed E-state index contributed by atoms with van der Waals surface area (Å²) in [5, 5.41) is 9.11. The number of aryl methyl sites for hydroxylation is 1. The Kier molecular flexibility index (Phi) is 6.36. The highest BCUT2D eigenvalue weighted by atomic mass is 16.3. The summed E-state index contributed by atoms with van der Waals surface area (Å²) in [5.74, 6) is 1.92. The largest absolute Gasteiger partial charge is 0.456 e. The van der Waals surface area contributed by atoms with Crippen molar-refractivity contribution in [2.45, 2.75) is 6.92 Å². The number of hydrogen-bond acceptors (Lipinski definition) is 4. The van der Waals surface area contributed by atoms with Crippen LogP contribution >= 0.6 is 0 Å². The summed E-state index contributed by atoms with van der Waals surface area (Å²) in [7, 11) is 0. The van der Waals surface area contributed by atoms with E-state index in [9.17, 15) is 0 Å². The summed E-state index contributed by atoms with van der Waals surface area (Å²) in [5.41, 5.74) is 8.16. The molecule has 0 fully saturated rings. The van der Waals surface area contributed by atoms with Crippen LogP contribution in [0.15, 0.2) is 162 Å². The Labute approximate surface area is 288 Å². The number of nitrogens with zero attached hydrogens (tertiary/aromatic N) is 3. The SMILES string of the molecule is Cc1ccc2oc3ccccc3c2c1-c1ccc(-c2nc(-c3ccc4ccccc4c3)nc(-c3ccc4ccccc4c3)n2)c2ccccc12. The van der Waals surface area contributed by atoms with Gasteiger partial charge >= 0.3 is 0 Å². The van der Waals surface area contributed by atoms with Crippen LogP contribution in [-0.4, -0.2) is 15.0 Å². The Hall–Kier alpha value is -6.65. The van der Waals surface area contributed by atoms with Crippen molar-refractivity contribution in [1.29, 1.82) is 0 Å². The van der Waals surface area contributed by atoms with Crippen LogP contribution in [-0.2, 0) is 0 Å². The summed E-state index contributed by atoms with van der Waals surface area (Å²) < 4.78 is 6.31. The minimum Gasteiger partial charge on any atom is -0.456 e. The van der Waals surface area contributed by atoms with Gasteiger partial charge in [0.25, 0.3) is 0 Å². The fourth-order valence-corrected chi connectivity index (χ4v) is 7.39. The molecule has 4 nitrogen and oxygen atoms in total. The second-order valence-corrected chi connectivity index (χ2v) is 12.9. The summed E-state index contributed by atoms with van der Waals surface area (Å²) in [4.78, 5) is 15.5. The molecule has 0 atom stereocenters. The zero-order chi connectivity index (χ0) is 33.2. The summed E-state index contributed by atoms with van der Waals surface area (Å²) >= 11 is 0. The number of rotatable bonds is 4. The van der Waals surface area contributed by atoms with Crippen LogP contribution < -0.4 is 0 Å². The van der Waals surface area contributed by atoms with E-state index in [1.54, 1.807) is 0 Å². The number of fused-ring (bicyclic) bond motifs is 6. The van der Waals surface area contributed by atoms with Gasteiger partial charge in [0.05, 0.1) is 0 Å². The van der Waals surface area contributed by atoms with E-state index in [0.29, 0.717) is 17.5 Å². The van der Waals surface area contributed by atoms with Crippen LogP contribution in [0.5, 0.6) is 0 Å². The van der Waals surface area contributed by atoms with Crippen LogP contribution in [0.25, 0.3) is 99.5 Å². The van der Waals surface area contributed by atoms with Gasteiger partial charge in [-0.05, 0) is 86.3 Å². The predicted octanol–water partition coefficient (Wildman–Crippen LogP) is 12.2. The minimum absolute atomic E-state index is 0.637. The van der Waals surface area contributed by atoms with E-state index in [1.807, 2.05) is 12.1 Å². The fraction of sp³-hybridized carbons (Fsp3) is 0.0217. The number of benzene rings is 8. The molecule has 0 aliphatic carbocycles. The Bertz CT molecular complexity index is 2860. The molecular formula is C46H29N3O. The van der Waals surface area contributed by atoms with Gasteiger partial charge in [-0.1, -0.05) is 127 Å². The number of furan rings is 1. The lowest BCUT2D eigenvalue weighted by molar-refractivity contribution is 0.669. The van der Waals surface area contributed by atoms with E-state index in [4.69, 9.17) is 19.4 Å². The van der Waals surface area contributed by atoms with Gasteiger partial charge in [-0.2, -0.15) is 0 Å². The Morgan fingerprint density at radius 2 is 0.920 bits per heavy atom. The quantitative estimate of drug-likeness (QED) is 0.192. The van der Waals surface area contributed by atoms with Crippen LogP contribution in [0.2, 0.25) is 0 Å². The van der Waals surface area contributed by atoms with Crippen molar-refractivity contribution >= 4 is 54.3 Å². The highest BCUT2D eigenvalue weighted by Gasteiger charge is 2.20. The lowest BCUT2D eigenvalue weighted by atomic mass is 9.89. The molecule has 0 aliphatic rings. The van der Waals surface area contributed by atoms with Crippen molar-refractivity contribution in [3.05, 3.63) is 163 Å². The second kappa shape index (κ2) is 11.2. The minimum atomic E-state index is 0.637. The predicted molar refractivity (Wildman–Crippen MR) is 206 cm³/mol. The van der Waals surface area contributed by atoms with E-state index < -0.39 is 0 Å². The van der Waals surface area contributed by atoms with Crippen molar-refractivity contribution in [2.75, 3.05) is 0 Å². The van der Waals surface area contributed by atoms with E-state index in [-0.39, 0.29) is 0 Å².